The van der Waals surface area contributed by atoms with E-state index in [0.717, 1.165) is 12.2 Å². The van der Waals surface area contributed by atoms with E-state index in [1.807, 2.05) is 37.0 Å². The first-order valence-corrected chi connectivity index (χ1v) is 8.18. The van der Waals surface area contributed by atoms with Gasteiger partial charge in [-0.2, -0.15) is 10.2 Å². The van der Waals surface area contributed by atoms with Crippen molar-refractivity contribution in [3.8, 4) is 6.07 Å². The van der Waals surface area contributed by atoms with Crippen LogP contribution in [0.15, 0.2) is 30.5 Å². The Bertz CT molecular complexity index is 800. The van der Waals surface area contributed by atoms with Gasteiger partial charge < -0.3 is 14.7 Å². The summed E-state index contributed by atoms with van der Waals surface area (Å²) in [5, 5.41) is 9.26. The van der Waals surface area contributed by atoms with Crippen molar-refractivity contribution < 1.29 is 4.39 Å². The topological polar surface area (TPSA) is 59.3 Å². The molecule has 1 aliphatic rings. The van der Waals surface area contributed by atoms with Crippen molar-refractivity contribution in [2.75, 3.05) is 48.9 Å². The van der Waals surface area contributed by atoms with Gasteiger partial charge in [0.05, 0.1) is 11.3 Å². The second-order valence-corrected chi connectivity index (χ2v) is 6.36. The second-order valence-electron chi connectivity index (χ2n) is 6.36. The van der Waals surface area contributed by atoms with Gasteiger partial charge in [-0.1, -0.05) is 6.07 Å². The Kier molecular flexibility index (Phi) is 4.70. The van der Waals surface area contributed by atoms with E-state index >= 15 is 0 Å². The van der Waals surface area contributed by atoms with Crippen LogP contribution in [-0.2, 0) is 0 Å². The van der Waals surface area contributed by atoms with E-state index in [-0.39, 0.29) is 11.9 Å². The molecule has 3 rings (SSSR count). The molecule has 1 aromatic heterocycles. The third-order valence-corrected chi connectivity index (χ3v) is 4.52. The fourth-order valence-corrected chi connectivity index (χ4v) is 3.13. The zero-order valence-electron chi connectivity index (χ0n) is 14.6. The van der Waals surface area contributed by atoms with Crippen molar-refractivity contribution >= 4 is 17.5 Å². The van der Waals surface area contributed by atoms with Gasteiger partial charge >= 0.3 is 0 Å². The standard InChI is InChI=1S/C18H21FN6/c1-23(2)18-21-9-7-16(22-18)24(3)14-8-10-25(12-14)17-13(11-20)5-4-6-15(17)19/h4-7,9,14H,8,10,12H2,1-3H3. The zero-order chi connectivity index (χ0) is 18.0. The Labute approximate surface area is 147 Å². The number of halogens is 1. The average molecular weight is 340 g/mol. The maximum Gasteiger partial charge on any atom is 0.226 e. The summed E-state index contributed by atoms with van der Waals surface area (Å²) in [7, 11) is 5.79. The van der Waals surface area contributed by atoms with E-state index in [4.69, 9.17) is 0 Å². The molecule has 25 heavy (non-hydrogen) atoms. The molecule has 1 saturated heterocycles. The number of nitriles is 1. The molecule has 130 valence electrons. The number of likely N-dealkylation sites (N-methyl/N-ethyl adjacent to an activating group) is 1. The number of anilines is 3. The van der Waals surface area contributed by atoms with Crippen molar-refractivity contribution in [1.29, 1.82) is 5.26 Å². The molecule has 7 heteroatoms. The molecule has 0 aliphatic carbocycles. The summed E-state index contributed by atoms with van der Waals surface area (Å²) < 4.78 is 14.2. The first-order chi connectivity index (χ1) is 12.0. The summed E-state index contributed by atoms with van der Waals surface area (Å²) in [6.07, 6.45) is 2.61. The highest BCUT2D eigenvalue weighted by atomic mass is 19.1. The molecule has 2 heterocycles. The predicted molar refractivity (Wildman–Crippen MR) is 96.5 cm³/mol. The quantitative estimate of drug-likeness (QED) is 0.851. The second kappa shape index (κ2) is 6.93. The van der Waals surface area contributed by atoms with Crippen LogP contribution in [0, 0.1) is 17.1 Å². The Morgan fingerprint density at radius 1 is 1.28 bits per heavy atom. The molecule has 0 bridgehead atoms. The molecule has 0 radical (unpaired) electrons. The van der Waals surface area contributed by atoms with Gasteiger partial charge in [-0.3, -0.25) is 0 Å². The van der Waals surface area contributed by atoms with Gasteiger partial charge in [-0.15, -0.1) is 0 Å². The van der Waals surface area contributed by atoms with Crippen LogP contribution < -0.4 is 14.7 Å². The Balaban J connectivity index is 1.79. The van der Waals surface area contributed by atoms with Crippen LogP contribution in [0.2, 0.25) is 0 Å². The molecule has 0 N–H and O–H groups in total. The summed E-state index contributed by atoms with van der Waals surface area (Å²) in [6.45, 7) is 1.35. The number of hydrogen-bond acceptors (Lipinski definition) is 6. The van der Waals surface area contributed by atoms with E-state index in [0.29, 0.717) is 30.3 Å². The van der Waals surface area contributed by atoms with E-state index < -0.39 is 0 Å². The lowest BCUT2D eigenvalue weighted by Crippen LogP contribution is -2.35. The summed E-state index contributed by atoms with van der Waals surface area (Å²) in [5.41, 5.74) is 0.776. The van der Waals surface area contributed by atoms with E-state index in [1.165, 1.54) is 6.07 Å². The summed E-state index contributed by atoms with van der Waals surface area (Å²) in [4.78, 5) is 14.7. The number of hydrogen-bond donors (Lipinski definition) is 0. The van der Waals surface area contributed by atoms with E-state index in [9.17, 15) is 9.65 Å². The van der Waals surface area contributed by atoms with Crippen LogP contribution in [0.25, 0.3) is 0 Å². The molecule has 0 spiro atoms. The van der Waals surface area contributed by atoms with Crippen LogP contribution in [0.4, 0.5) is 21.8 Å². The average Bonchev–Trinajstić information content (AvgIpc) is 3.10. The largest absolute Gasteiger partial charge is 0.366 e. The normalized spacial score (nSPS) is 16.6. The predicted octanol–water partition coefficient (Wildman–Crippen LogP) is 2.27. The molecule has 6 nitrogen and oxygen atoms in total. The van der Waals surface area contributed by atoms with Gasteiger partial charge in [0.25, 0.3) is 0 Å². The molecule has 0 saturated carbocycles. The van der Waals surface area contributed by atoms with Gasteiger partial charge in [0.1, 0.15) is 17.7 Å². The fourth-order valence-electron chi connectivity index (χ4n) is 3.13. The minimum Gasteiger partial charge on any atom is -0.366 e. The highest BCUT2D eigenvalue weighted by molar-refractivity contribution is 5.61. The smallest absolute Gasteiger partial charge is 0.226 e. The first kappa shape index (κ1) is 17.0. The zero-order valence-corrected chi connectivity index (χ0v) is 14.6. The third-order valence-electron chi connectivity index (χ3n) is 4.52. The maximum atomic E-state index is 14.2. The van der Waals surface area contributed by atoms with Gasteiger partial charge in [0.2, 0.25) is 5.95 Å². The van der Waals surface area contributed by atoms with Crippen LogP contribution >= 0.6 is 0 Å². The molecule has 2 aromatic rings. The summed E-state index contributed by atoms with van der Waals surface area (Å²) in [5.74, 6) is 1.14. The number of benzene rings is 1. The molecule has 1 unspecified atom stereocenters. The van der Waals surface area contributed by atoms with Crippen LogP contribution in [0.5, 0.6) is 0 Å². The Hall–Kier alpha value is -2.88. The monoisotopic (exact) mass is 340 g/mol. The van der Waals surface area contributed by atoms with Gasteiger partial charge in [0, 0.05) is 46.5 Å². The van der Waals surface area contributed by atoms with Gasteiger partial charge in [-0.05, 0) is 24.6 Å². The lowest BCUT2D eigenvalue weighted by atomic mass is 10.1. The Morgan fingerprint density at radius 3 is 2.80 bits per heavy atom. The van der Waals surface area contributed by atoms with Crippen molar-refractivity contribution in [2.45, 2.75) is 12.5 Å². The fraction of sp³-hybridized carbons (Fsp3) is 0.389. The maximum absolute atomic E-state index is 14.2. The van der Waals surface area contributed by atoms with Crippen LogP contribution in [0.3, 0.4) is 0 Å². The van der Waals surface area contributed by atoms with Crippen molar-refractivity contribution in [1.82, 2.24) is 9.97 Å². The number of nitrogens with zero attached hydrogens (tertiary/aromatic N) is 6. The van der Waals surface area contributed by atoms with Gasteiger partial charge in [-0.25, -0.2) is 9.37 Å². The Morgan fingerprint density at radius 2 is 2.08 bits per heavy atom. The molecule has 0 amide bonds. The first-order valence-electron chi connectivity index (χ1n) is 8.18. The van der Waals surface area contributed by atoms with Gasteiger partial charge in [0.15, 0.2) is 0 Å². The number of para-hydroxylation sites is 1. The third kappa shape index (κ3) is 3.33. The SMILES string of the molecule is CN(C)c1nccc(N(C)C2CCN(c3c(F)cccc3C#N)C2)n1. The molecular formula is C18H21FN6. The summed E-state index contributed by atoms with van der Waals surface area (Å²) in [6, 6.07) is 8.78. The van der Waals surface area contributed by atoms with Crippen molar-refractivity contribution in [3.63, 3.8) is 0 Å². The number of rotatable bonds is 4. The van der Waals surface area contributed by atoms with Crippen molar-refractivity contribution in [3.05, 3.63) is 41.8 Å². The molecular weight excluding hydrogens is 319 g/mol. The molecule has 1 atom stereocenters. The minimum atomic E-state index is -0.348. The van der Waals surface area contributed by atoms with Crippen LogP contribution in [-0.4, -0.2) is 50.2 Å². The lowest BCUT2D eigenvalue weighted by molar-refractivity contribution is 0.621. The summed E-state index contributed by atoms with van der Waals surface area (Å²) >= 11 is 0. The van der Waals surface area contributed by atoms with Crippen molar-refractivity contribution in [2.24, 2.45) is 0 Å². The molecule has 1 aromatic carbocycles. The van der Waals surface area contributed by atoms with E-state index in [2.05, 4.69) is 20.9 Å². The minimum absolute atomic E-state index is 0.191. The highest BCUT2D eigenvalue weighted by Gasteiger charge is 2.29. The highest BCUT2D eigenvalue weighted by Crippen LogP contribution is 2.29. The number of aromatic nitrogens is 2. The van der Waals surface area contributed by atoms with Crippen LogP contribution in [0.1, 0.15) is 12.0 Å². The molecule has 1 fully saturated rings. The van der Waals surface area contributed by atoms with E-state index in [1.54, 1.807) is 18.3 Å². The molecule has 1 aliphatic heterocycles. The lowest BCUT2D eigenvalue weighted by Gasteiger charge is -2.27.